The minimum Gasteiger partial charge on any atom is -0.623 e. The number of rotatable bonds is 0. The van der Waals surface area contributed by atoms with Crippen molar-refractivity contribution in [1.29, 1.82) is 0 Å². The lowest BCUT2D eigenvalue weighted by molar-refractivity contribution is -0.665. The van der Waals surface area contributed by atoms with Crippen LogP contribution in [0.1, 0.15) is 38.8 Å². The standard InChI is InChI=1S/C15H17N3O3/c1-14(2)15(3,4)18(21)13-11(16-19)9-7-5-6-8-10(9)12(13)17(14)20/h5-8,19H,1-4H3. The molecule has 1 aromatic rings. The van der Waals surface area contributed by atoms with E-state index in [2.05, 4.69) is 5.16 Å². The van der Waals surface area contributed by atoms with Crippen LogP contribution in [0.25, 0.3) is 0 Å². The highest BCUT2D eigenvalue weighted by Crippen LogP contribution is 2.35. The Labute approximate surface area is 122 Å². The molecule has 0 atom stereocenters. The van der Waals surface area contributed by atoms with E-state index in [-0.39, 0.29) is 17.1 Å². The van der Waals surface area contributed by atoms with Gasteiger partial charge in [-0.15, -0.1) is 0 Å². The summed E-state index contributed by atoms with van der Waals surface area (Å²) >= 11 is 0. The SMILES string of the molecule is CC1(C)[N+]([O-])=C2C(=NO)c3ccccc3C2=[N+]([O-])C1(C)C. The van der Waals surface area contributed by atoms with Gasteiger partial charge in [0.15, 0.2) is 5.71 Å². The average Bonchev–Trinajstić information content (AvgIpc) is 2.78. The lowest BCUT2D eigenvalue weighted by Crippen LogP contribution is -2.64. The summed E-state index contributed by atoms with van der Waals surface area (Å²) < 4.78 is 1.67. The lowest BCUT2D eigenvalue weighted by atomic mass is 9.81. The van der Waals surface area contributed by atoms with E-state index in [1.807, 2.05) is 0 Å². The quantitative estimate of drug-likeness (QED) is 0.341. The van der Waals surface area contributed by atoms with Crippen molar-refractivity contribution in [3.05, 3.63) is 45.8 Å². The lowest BCUT2D eigenvalue weighted by Gasteiger charge is -2.40. The summed E-state index contributed by atoms with van der Waals surface area (Å²) in [6.45, 7) is 6.91. The highest BCUT2D eigenvalue weighted by molar-refractivity contribution is 6.76. The summed E-state index contributed by atoms with van der Waals surface area (Å²) in [5.41, 5.74) is -0.104. The molecule has 0 saturated carbocycles. The van der Waals surface area contributed by atoms with E-state index < -0.39 is 11.1 Å². The van der Waals surface area contributed by atoms with Gasteiger partial charge in [-0.05, 0) is 6.07 Å². The molecule has 6 heteroatoms. The molecule has 0 radical (unpaired) electrons. The smallest absolute Gasteiger partial charge is 0.315 e. The van der Waals surface area contributed by atoms with E-state index in [0.717, 1.165) is 9.48 Å². The zero-order chi connectivity index (χ0) is 15.6. The zero-order valence-electron chi connectivity index (χ0n) is 12.4. The summed E-state index contributed by atoms with van der Waals surface area (Å²) in [5.74, 6) is 0. The summed E-state index contributed by atoms with van der Waals surface area (Å²) in [6.07, 6.45) is 0. The van der Waals surface area contributed by atoms with Crippen LogP contribution in [-0.2, 0) is 0 Å². The summed E-state index contributed by atoms with van der Waals surface area (Å²) in [7, 11) is 0. The highest BCUT2D eigenvalue weighted by atomic mass is 16.5. The van der Waals surface area contributed by atoms with Crippen LogP contribution in [0.15, 0.2) is 29.4 Å². The second kappa shape index (κ2) is 3.84. The van der Waals surface area contributed by atoms with Crippen molar-refractivity contribution in [1.82, 2.24) is 0 Å². The van der Waals surface area contributed by atoms with Crippen molar-refractivity contribution >= 4 is 17.1 Å². The van der Waals surface area contributed by atoms with E-state index in [1.54, 1.807) is 52.0 Å². The van der Waals surface area contributed by atoms with E-state index in [1.165, 1.54) is 0 Å². The minimum absolute atomic E-state index is 0.137. The molecular weight excluding hydrogens is 270 g/mol. The van der Waals surface area contributed by atoms with Crippen molar-refractivity contribution in [2.45, 2.75) is 38.8 Å². The normalized spacial score (nSPS) is 24.3. The Morgan fingerprint density at radius 2 is 1.38 bits per heavy atom. The van der Waals surface area contributed by atoms with Gasteiger partial charge in [0.05, 0.1) is 5.56 Å². The molecule has 110 valence electrons. The van der Waals surface area contributed by atoms with E-state index in [9.17, 15) is 15.6 Å². The van der Waals surface area contributed by atoms with E-state index in [0.29, 0.717) is 11.1 Å². The number of nitrogens with zero attached hydrogens (tertiary/aromatic N) is 3. The van der Waals surface area contributed by atoms with Gasteiger partial charge < -0.3 is 15.6 Å². The van der Waals surface area contributed by atoms with Gasteiger partial charge in [-0.2, -0.15) is 9.48 Å². The van der Waals surface area contributed by atoms with Crippen LogP contribution in [0.3, 0.4) is 0 Å². The van der Waals surface area contributed by atoms with Crippen molar-refractivity contribution in [2.75, 3.05) is 0 Å². The Morgan fingerprint density at radius 1 is 0.905 bits per heavy atom. The fourth-order valence-electron chi connectivity index (χ4n) is 2.82. The molecule has 1 aliphatic carbocycles. The summed E-state index contributed by atoms with van der Waals surface area (Å²) in [6, 6.07) is 7.07. The number of oxime groups is 1. The molecule has 1 N–H and O–H groups in total. The van der Waals surface area contributed by atoms with Gasteiger partial charge in [-0.1, -0.05) is 23.4 Å². The number of hydrogen-bond donors (Lipinski definition) is 1. The molecule has 0 bridgehead atoms. The second-order valence-corrected chi connectivity index (χ2v) is 6.40. The van der Waals surface area contributed by atoms with Crippen molar-refractivity contribution in [3.63, 3.8) is 0 Å². The van der Waals surface area contributed by atoms with Gasteiger partial charge >= 0.3 is 5.71 Å². The third-order valence-corrected chi connectivity index (χ3v) is 4.90. The molecule has 3 rings (SSSR count). The zero-order valence-corrected chi connectivity index (χ0v) is 12.4. The predicted molar refractivity (Wildman–Crippen MR) is 79.3 cm³/mol. The molecule has 0 amide bonds. The fourth-order valence-corrected chi connectivity index (χ4v) is 2.82. The average molecular weight is 287 g/mol. The topological polar surface area (TPSA) is 84.7 Å². The van der Waals surface area contributed by atoms with Crippen LogP contribution >= 0.6 is 0 Å². The maximum Gasteiger partial charge on any atom is 0.315 e. The molecule has 1 aliphatic heterocycles. The minimum atomic E-state index is -0.967. The van der Waals surface area contributed by atoms with Crippen molar-refractivity contribution < 1.29 is 14.7 Å². The monoisotopic (exact) mass is 287 g/mol. The Bertz CT molecular complexity index is 742. The number of fused-ring (bicyclic) bond motifs is 3. The first-order valence-corrected chi connectivity index (χ1v) is 6.76. The number of benzene rings is 1. The number of hydrogen-bond acceptors (Lipinski definition) is 4. The number of hydroxylamine groups is 2. The largest absolute Gasteiger partial charge is 0.623 e. The third kappa shape index (κ3) is 1.39. The van der Waals surface area contributed by atoms with E-state index in [4.69, 9.17) is 0 Å². The van der Waals surface area contributed by atoms with Gasteiger partial charge in [0.25, 0.3) is 5.71 Å². The Balaban J connectivity index is 2.47. The van der Waals surface area contributed by atoms with Crippen LogP contribution in [0, 0.1) is 10.4 Å². The van der Waals surface area contributed by atoms with Crippen LogP contribution in [0.2, 0.25) is 0 Å². The molecule has 21 heavy (non-hydrogen) atoms. The first-order valence-electron chi connectivity index (χ1n) is 6.76. The van der Waals surface area contributed by atoms with Crippen LogP contribution in [-0.4, -0.2) is 42.9 Å². The molecule has 0 spiro atoms. The first-order chi connectivity index (χ1) is 9.75. The van der Waals surface area contributed by atoms with Crippen molar-refractivity contribution in [3.8, 4) is 0 Å². The summed E-state index contributed by atoms with van der Waals surface area (Å²) in [5, 5.41) is 38.3. The maximum atomic E-state index is 12.9. The van der Waals surface area contributed by atoms with Gasteiger partial charge in [0.2, 0.25) is 11.1 Å². The molecular formula is C15H17N3O3. The van der Waals surface area contributed by atoms with Gasteiger partial charge in [0, 0.05) is 33.3 Å². The van der Waals surface area contributed by atoms with E-state index >= 15 is 0 Å². The Morgan fingerprint density at radius 3 is 1.90 bits per heavy atom. The third-order valence-electron chi connectivity index (χ3n) is 4.90. The molecule has 2 aliphatic rings. The van der Waals surface area contributed by atoms with Gasteiger partial charge in [0.1, 0.15) is 0 Å². The van der Waals surface area contributed by atoms with Gasteiger partial charge in [-0.3, -0.25) is 0 Å². The van der Waals surface area contributed by atoms with Crippen LogP contribution in [0.5, 0.6) is 0 Å². The molecule has 1 heterocycles. The van der Waals surface area contributed by atoms with Crippen LogP contribution in [0.4, 0.5) is 0 Å². The Kier molecular flexibility index (Phi) is 2.49. The molecule has 0 fully saturated rings. The molecule has 0 unspecified atom stereocenters. The van der Waals surface area contributed by atoms with Crippen LogP contribution < -0.4 is 0 Å². The summed E-state index contributed by atoms with van der Waals surface area (Å²) in [4.78, 5) is 0. The molecule has 1 aromatic carbocycles. The second-order valence-electron chi connectivity index (χ2n) is 6.40. The molecule has 6 nitrogen and oxygen atoms in total. The molecule has 0 saturated heterocycles. The highest BCUT2D eigenvalue weighted by Gasteiger charge is 2.61. The fraction of sp³-hybridized carbons (Fsp3) is 0.400. The van der Waals surface area contributed by atoms with Crippen molar-refractivity contribution in [2.24, 2.45) is 5.16 Å². The Hall–Kier alpha value is -2.37. The first kappa shape index (κ1) is 13.6. The predicted octanol–water partition coefficient (Wildman–Crippen LogP) is 1.70. The maximum absolute atomic E-state index is 12.9. The van der Waals surface area contributed by atoms with Gasteiger partial charge in [-0.25, -0.2) is 0 Å². The molecule has 0 aromatic heterocycles.